The van der Waals surface area contributed by atoms with Crippen LogP contribution < -0.4 is 27.0 Å². The van der Waals surface area contributed by atoms with Gasteiger partial charge in [-0.3, -0.25) is 37.8 Å². The van der Waals surface area contributed by atoms with Crippen LogP contribution in [0.1, 0.15) is 110 Å². The highest BCUT2D eigenvalue weighted by atomic mass is 31.2. The van der Waals surface area contributed by atoms with Crippen LogP contribution in [0.15, 0.2) is 42.9 Å². The molecule has 0 radical (unpaired) electrons. The van der Waals surface area contributed by atoms with Crippen LogP contribution in [0.3, 0.4) is 0 Å². The number of phosphoric ester groups is 1. The van der Waals surface area contributed by atoms with E-state index in [9.17, 15) is 43.3 Å². The number of phosphoric acid groups is 1. The lowest BCUT2D eigenvalue weighted by Gasteiger charge is -2.28. The van der Waals surface area contributed by atoms with Gasteiger partial charge in [-0.05, 0) is 56.9 Å². The number of aryl methyl sites for hydroxylation is 1. The van der Waals surface area contributed by atoms with Gasteiger partial charge in [0.1, 0.15) is 30.2 Å². The number of rotatable bonds is 29. The summed E-state index contributed by atoms with van der Waals surface area (Å²) >= 11 is 0. The molecule has 2 aromatic rings. The third kappa shape index (κ3) is 18.3. The van der Waals surface area contributed by atoms with Crippen LogP contribution in [0.5, 0.6) is 0 Å². The molecule has 0 spiro atoms. The zero-order chi connectivity index (χ0) is 45.7. The van der Waals surface area contributed by atoms with Crippen LogP contribution in [0.2, 0.25) is 0 Å². The fraction of sp³-hybridized carbons (Fsp3) is 0.643. The maximum absolute atomic E-state index is 13.7. The first-order chi connectivity index (χ1) is 29.5. The van der Waals surface area contributed by atoms with E-state index >= 15 is 0 Å². The molecule has 1 aliphatic rings. The molecular weight excluding hydrogens is 823 g/mol. The first-order valence-electron chi connectivity index (χ1n) is 21.6. The van der Waals surface area contributed by atoms with Gasteiger partial charge in [0, 0.05) is 31.8 Å². The van der Waals surface area contributed by atoms with Gasteiger partial charge in [-0.25, -0.2) is 9.55 Å². The minimum Gasteiger partial charge on any atom is -0.394 e. The first kappa shape index (κ1) is 51.7. The minimum atomic E-state index is -4.70. The van der Waals surface area contributed by atoms with E-state index in [1.165, 1.54) is 36.8 Å². The van der Waals surface area contributed by atoms with Gasteiger partial charge in [-0.1, -0.05) is 82.7 Å². The standard InChI is InChI=1S/C42H67N8O11P/c1-28(2)23-33(47-42(57)36-20-16-21-50(36)30(4)52)39(54)46-34(24-32-25-44-27-45-32)40(55)48-35(26-51)41(56)49-37(38(43)53)29(3)61-62(58,59)60-22-15-10-8-6-5-7-9-12-17-31-18-13-11-14-19-31/h11,13-14,18-19,25,27-29,33-37,51H,5-10,12,15-17,20-24,26H2,1-4H3,(H2,43,53)(H,44,45)(H,46,54)(H,47,57)(H,48,55)(H,49,56)(H,58,59)/t29-,33+,34+,35+,36+,37+/m1/s1. The maximum atomic E-state index is 13.7. The molecule has 3 rings (SSSR count). The predicted octanol–water partition coefficient (Wildman–Crippen LogP) is 2.31. The summed E-state index contributed by atoms with van der Waals surface area (Å²) in [6, 6.07) is 3.81. The molecule has 1 aliphatic heterocycles. The highest BCUT2D eigenvalue weighted by Gasteiger charge is 2.37. The molecule has 9 N–H and O–H groups in total. The van der Waals surface area contributed by atoms with E-state index < -0.39 is 80.3 Å². The van der Waals surface area contributed by atoms with E-state index in [-0.39, 0.29) is 31.3 Å². The summed E-state index contributed by atoms with van der Waals surface area (Å²) in [6.07, 6.45) is 11.3. The molecule has 1 fully saturated rings. The summed E-state index contributed by atoms with van der Waals surface area (Å²) in [6.45, 7) is 5.66. The Morgan fingerprint density at radius 3 is 2.10 bits per heavy atom. The molecule has 7 atom stereocenters. The number of unbranched alkanes of at least 4 members (excludes halogenated alkanes) is 7. The number of nitrogens with one attached hydrogen (secondary N) is 5. The largest absolute Gasteiger partial charge is 0.472 e. The Morgan fingerprint density at radius 2 is 1.50 bits per heavy atom. The molecule has 0 bridgehead atoms. The van der Waals surface area contributed by atoms with Crippen molar-refractivity contribution in [3.8, 4) is 0 Å². The average Bonchev–Trinajstić information content (AvgIpc) is 3.93. The molecule has 62 heavy (non-hydrogen) atoms. The number of imidazole rings is 1. The molecule has 20 heteroatoms. The van der Waals surface area contributed by atoms with Crippen molar-refractivity contribution in [2.24, 2.45) is 11.7 Å². The number of hydrogen-bond donors (Lipinski definition) is 8. The molecule has 1 aromatic carbocycles. The number of amides is 6. The van der Waals surface area contributed by atoms with Crippen LogP contribution >= 0.6 is 7.82 Å². The number of likely N-dealkylation sites (tertiary alicyclic amines) is 1. The highest BCUT2D eigenvalue weighted by molar-refractivity contribution is 7.47. The lowest BCUT2D eigenvalue weighted by molar-refractivity contribution is -0.139. The summed E-state index contributed by atoms with van der Waals surface area (Å²) in [5.74, 6) is -4.68. The van der Waals surface area contributed by atoms with Crippen LogP contribution in [-0.2, 0) is 55.2 Å². The van der Waals surface area contributed by atoms with Gasteiger partial charge in [-0.15, -0.1) is 0 Å². The van der Waals surface area contributed by atoms with Crippen LogP contribution in [0.25, 0.3) is 0 Å². The second kappa shape index (κ2) is 26.7. The normalized spacial score (nSPS) is 17.3. The highest BCUT2D eigenvalue weighted by Crippen LogP contribution is 2.45. The van der Waals surface area contributed by atoms with Gasteiger partial charge in [0.15, 0.2) is 0 Å². The SMILES string of the molecule is CC(=O)N1CCC[C@H]1C(=O)N[C@@H](CC(C)C)C(=O)N[C@@H](Cc1cnc[nH]1)C(=O)N[C@@H](CO)C(=O)N[C@H](C(N)=O)[C@@H](C)OP(=O)(O)OCCCCCCCCCCc1ccccc1. The summed E-state index contributed by atoms with van der Waals surface area (Å²) in [5.41, 5.74) is 7.29. The van der Waals surface area contributed by atoms with Crippen molar-refractivity contribution >= 4 is 43.3 Å². The monoisotopic (exact) mass is 890 g/mol. The van der Waals surface area contributed by atoms with Gasteiger partial charge in [0.25, 0.3) is 0 Å². The van der Waals surface area contributed by atoms with E-state index in [0.717, 1.165) is 51.4 Å². The van der Waals surface area contributed by atoms with Gasteiger partial charge >= 0.3 is 7.82 Å². The van der Waals surface area contributed by atoms with Gasteiger partial charge in [-0.2, -0.15) is 0 Å². The second-order valence-electron chi connectivity index (χ2n) is 16.2. The molecule has 1 saturated heterocycles. The molecule has 1 aromatic heterocycles. The number of nitrogens with two attached hydrogens (primary N) is 1. The molecule has 346 valence electrons. The topological polar surface area (TPSA) is 284 Å². The van der Waals surface area contributed by atoms with Crippen molar-refractivity contribution in [1.82, 2.24) is 36.1 Å². The van der Waals surface area contributed by atoms with E-state index in [1.54, 1.807) is 0 Å². The predicted molar refractivity (Wildman–Crippen MR) is 230 cm³/mol. The van der Waals surface area contributed by atoms with Crippen LogP contribution in [0, 0.1) is 5.92 Å². The molecule has 0 aliphatic carbocycles. The lowest BCUT2D eigenvalue weighted by Crippen LogP contribution is -2.61. The van der Waals surface area contributed by atoms with Crippen molar-refractivity contribution < 1.29 is 52.4 Å². The minimum absolute atomic E-state index is 0.0670. The van der Waals surface area contributed by atoms with E-state index in [1.807, 2.05) is 32.0 Å². The Balaban J connectivity index is 1.52. The third-order valence-electron chi connectivity index (χ3n) is 10.6. The summed E-state index contributed by atoms with van der Waals surface area (Å²) in [5, 5.41) is 20.1. The molecule has 1 unspecified atom stereocenters. The molecular formula is C42H67N8O11P. The Hall–Kier alpha value is -4.68. The maximum Gasteiger partial charge on any atom is 0.472 e. The zero-order valence-electron chi connectivity index (χ0n) is 36.4. The number of aliphatic hydroxyl groups excluding tert-OH is 1. The van der Waals surface area contributed by atoms with Crippen molar-refractivity contribution in [1.29, 1.82) is 0 Å². The number of nitrogens with zero attached hydrogens (tertiary/aromatic N) is 2. The molecule has 6 amide bonds. The Kier molecular flexibility index (Phi) is 22.3. The molecule has 0 saturated carbocycles. The Bertz CT molecular complexity index is 1770. The average molecular weight is 891 g/mol. The Morgan fingerprint density at radius 1 is 0.887 bits per heavy atom. The van der Waals surface area contributed by atoms with Crippen LogP contribution in [-0.4, -0.2) is 116 Å². The number of H-pyrrole nitrogens is 1. The first-order valence-corrected chi connectivity index (χ1v) is 23.1. The number of carbonyl (C=O) groups excluding carboxylic acids is 6. The number of benzene rings is 1. The lowest BCUT2D eigenvalue weighted by atomic mass is 10.0. The van der Waals surface area contributed by atoms with E-state index in [4.69, 9.17) is 14.8 Å². The van der Waals surface area contributed by atoms with Crippen molar-refractivity contribution in [3.63, 3.8) is 0 Å². The third-order valence-corrected chi connectivity index (χ3v) is 11.7. The number of aromatic nitrogens is 2. The number of aliphatic hydroxyl groups is 1. The van der Waals surface area contributed by atoms with E-state index in [0.29, 0.717) is 31.5 Å². The fourth-order valence-corrected chi connectivity index (χ4v) is 8.21. The number of carbonyl (C=O) groups is 6. The van der Waals surface area contributed by atoms with Gasteiger partial charge in [0.05, 0.1) is 25.6 Å². The number of primary amides is 1. The fourth-order valence-electron chi connectivity index (χ4n) is 7.24. The smallest absolute Gasteiger partial charge is 0.394 e. The number of hydrogen-bond acceptors (Lipinski definition) is 11. The summed E-state index contributed by atoms with van der Waals surface area (Å²) in [4.78, 5) is 97.2. The zero-order valence-corrected chi connectivity index (χ0v) is 37.3. The summed E-state index contributed by atoms with van der Waals surface area (Å²) < 4.78 is 23.0. The van der Waals surface area contributed by atoms with Crippen LogP contribution in [0.4, 0.5) is 0 Å². The second-order valence-corrected chi connectivity index (χ2v) is 17.6. The van der Waals surface area contributed by atoms with E-state index in [2.05, 4.69) is 43.4 Å². The molecule has 19 nitrogen and oxygen atoms in total. The van der Waals surface area contributed by atoms with Gasteiger partial charge < -0.3 is 46.9 Å². The Labute approximate surface area is 364 Å². The number of aromatic amines is 1. The quantitative estimate of drug-likeness (QED) is 0.0432. The van der Waals surface area contributed by atoms with Gasteiger partial charge in [0.2, 0.25) is 35.4 Å². The van der Waals surface area contributed by atoms with Crippen molar-refractivity contribution in [2.45, 2.75) is 147 Å². The van der Waals surface area contributed by atoms with Crippen molar-refractivity contribution in [3.05, 3.63) is 54.1 Å². The molecule has 2 heterocycles. The van der Waals surface area contributed by atoms with Crippen molar-refractivity contribution in [2.75, 3.05) is 19.8 Å². The summed E-state index contributed by atoms with van der Waals surface area (Å²) in [7, 11) is -4.70.